The van der Waals surface area contributed by atoms with Crippen LogP contribution in [0.4, 0.5) is 0 Å². The van der Waals surface area contributed by atoms with Crippen molar-refractivity contribution >= 4 is 40.2 Å². The number of benzene rings is 5. The smallest absolute Gasteiger partial charge is 0.243 e. The SMILES string of the molecule is COc1cccc(C(=O)CN2CCCC[C@H]2C(=O)N[C@@H](Cc2ccccc2)C(=O)N[C@H](C(=O)N[C@@H](Cc2ccccc2)C(=O)N[C@H](C)c2cccc3ccccc23)C(C)C)c1. The predicted molar refractivity (Wildman–Crippen MR) is 238 cm³/mol. The zero-order valence-corrected chi connectivity index (χ0v) is 35.4. The van der Waals surface area contributed by atoms with Gasteiger partial charge in [-0.2, -0.15) is 0 Å². The van der Waals surface area contributed by atoms with Crippen LogP contribution in [0.3, 0.4) is 0 Å². The van der Waals surface area contributed by atoms with E-state index in [0.717, 1.165) is 40.3 Å². The summed E-state index contributed by atoms with van der Waals surface area (Å²) in [4.78, 5) is 72.2. The van der Waals surface area contributed by atoms with Crippen molar-refractivity contribution in [2.75, 3.05) is 20.2 Å². The molecule has 61 heavy (non-hydrogen) atoms. The third kappa shape index (κ3) is 11.9. The molecule has 5 aromatic rings. The van der Waals surface area contributed by atoms with E-state index in [4.69, 9.17) is 4.74 Å². The van der Waals surface area contributed by atoms with E-state index < -0.39 is 36.0 Å². The van der Waals surface area contributed by atoms with Crippen LogP contribution in [0, 0.1) is 5.92 Å². The van der Waals surface area contributed by atoms with Crippen molar-refractivity contribution in [1.82, 2.24) is 26.2 Å². The van der Waals surface area contributed by atoms with E-state index in [1.54, 1.807) is 31.4 Å². The number of carbonyl (C=O) groups excluding carboxylic acids is 5. The van der Waals surface area contributed by atoms with E-state index in [1.165, 1.54) is 0 Å². The Kier molecular flexibility index (Phi) is 15.4. The molecule has 0 aliphatic carbocycles. The molecule has 0 aromatic heterocycles. The Bertz CT molecular complexity index is 2280. The zero-order valence-electron chi connectivity index (χ0n) is 35.4. The van der Waals surface area contributed by atoms with Crippen molar-refractivity contribution in [3.05, 3.63) is 150 Å². The van der Waals surface area contributed by atoms with Gasteiger partial charge in [0.15, 0.2) is 5.78 Å². The maximum atomic E-state index is 14.3. The van der Waals surface area contributed by atoms with Gasteiger partial charge in [0.1, 0.15) is 23.9 Å². The van der Waals surface area contributed by atoms with E-state index in [-0.39, 0.29) is 48.9 Å². The summed E-state index contributed by atoms with van der Waals surface area (Å²) in [5, 5.41) is 14.1. The maximum absolute atomic E-state index is 14.3. The number of nitrogens with zero attached hydrogens (tertiary/aromatic N) is 1. The van der Waals surface area contributed by atoms with Crippen LogP contribution in [0.15, 0.2) is 127 Å². The van der Waals surface area contributed by atoms with Gasteiger partial charge in [0.05, 0.1) is 25.7 Å². The van der Waals surface area contributed by atoms with Gasteiger partial charge in [0.2, 0.25) is 23.6 Å². The number of amides is 4. The molecule has 318 valence electrons. The lowest BCUT2D eigenvalue weighted by atomic mass is 9.97. The molecule has 5 aromatic carbocycles. The molecule has 0 saturated carbocycles. The molecular weight excluding hydrogens is 767 g/mol. The van der Waals surface area contributed by atoms with Crippen molar-refractivity contribution in [3.8, 4) is 5.75 Å². The summed E-state index contributed by atoms with van der Waals surface area (Å²) < 4.78 is 5.31. The highest BCUT2D eigenvalue weighted by molar-refractivity contribution is 5.99. The van der Waals surface area contributed by atoms with Crippen LogP contribution in [0.1, 0.15) is 73.1 Å². The molecule has 11 nitrogen and oxygen atoms in total. The van der Waals surface area contributed by atoms with Gasteiger partial charge >= 0.3 is 0 Å². The van der Waals surface area contributed by atoms with Crippen LogP contribution in [-0.4, -0.2) is 78.7 Å². The second-order valence-electron chi connectivity index (χ2n) is 16.2. The van der Waals surface area contributed by atoms with Crippen molar-refractivity contribution in [2.24, 2.45) is 5.92 Å². The van der Waals surface area contributed by atoms with E-state index in [1.807, 2.05) is 129 Å². The molecule has 5 atom stereocenters. The molecule has 6 rings (SSSR count). The average Bonchev–Trinajstić information content (AvgIpc) is 3.28. The number of fused-ring (bicyclic) bond motifs is 1. The Morgan fingerprint density at radius 2 is 1.26 bits per heavy atom. The van der Waals surface area contributed by atoms with Gasteiger partial charge in [-0.05, 0) is 71.8 Å². The largest absolute Gasteiger partial charge is 0.497 e. The summed E-state index contributed by atoms with van der Waals surface area (Å²) in [6, 6.07) is 35.7. The van der Waals surface area contributed by atoms with Crippen molar-refractivity contribution in [1.29, 1.82) is 0 Å². The maximum Gasteiger partial charge on any atom is 0.243 e. The normalized spacial score (nSPS) is 16.1. The minimum absolute atomic E-state index is 0.0365. The van der Waals surface area contributed by atoms with Gasteiger partial charge in [0, 0.05) is 18.4 Å². The first-order valence-corrected chi connectivity index (χ1v) is 21.2. The number of rotatable bonds is 18. The molecular formula is C50H57N5O6. The number of piperidine rings is 1. The van der Waals surface area contributed by atoms with Crippen LogP contribution in [-0.2, 0) is 32.0 Å². The second-order valence-corrected chi connectivity index (χ2v) is 16.2. The molecule has 4 amide bonds. The van der Waals surface area contributed by atoms with E-state index in [2.05, 4.69) is 21.3 Å². The number of ether oxygens (including phenoxy) is 1. The van der Waals surface area contributed by atoms with Gasteiger partial charge in [-0.3, -0.25) is 28.9 Å². The first-order valence-electron chi connectivity index (χ1n) is 21.2. The lowest BCUT2D eigenvalue weighted by molar-refractivity contribution is -0.135. The van der Waals surface area contributed by atoms with Crippen LogP contribution >= 0.6 is 0 Å². The quantitative estimate of drug-likeness (QED) is 0.0754. The van der Waals surface area contributed by atoms with E-state index >= 15 is 0 Å². The molecule has 1 aliphatic rings. The number of hydrogen-bond donors (Lipinski definition) is 4. The molecule has 0 radical (unpaired) electrons. The molecule has 0 spiro atoms. The highest BCUT2D eigenvalue weighted by Gasteiger charge is 2.35. The number of likely N-dealkylation sites (tertiary alicyclic amines) is 1. The highest BCUT2D eigenvalue weighted by atomic mass is 16.5. The van der Waals surface area contributed by atoms with Crippen LogP contribution < -0.4 is 26.0 Å². The van der Waals surface area contributed by atoms with Crippen LogP contribution in [0.5, 0.6) is 5.75 Å². The highest BCUT2D eigenvalue weighted by Crippen LogP contribution is 2.25. The predicted octanol–water partition coefficient (Wildman–Crippen LogP) is 6.36. The van der Waals surface area contributed by atoms with Crippen LogP contribution in [0.25, 0.3) is 10.8 Å². The lowest BCUT2D eigenvalue weighted by Crippen LogP contribution is -2.60. The summed E-state index contributed by atoms with van der Waals surface area (Å²) in [7, 11) is 1.55. The Hall–Kier alpha value is -6.33. The number of carbonyl (C=O) groups is 5. The Balaban J connectivity index is 1.18. The first-order chi connectivity index (χ1) is 29.5. The summed E-state index contributed by atoms with van der Waals surface area (Å²) in [5.41, 5.74) is 3.13. The standard InChI is InChI=1S/C50H57N5O6/c1-33(2)46(50(60)53-42(29-35-17-7-5-8-18-35)47(57)51-34(3)40-26-16-22-37-21-11-12-25-41(37)40)54-48(58)43(30-36-19-9-6-10-20-36)52-49(59)44-27-13-14-28-55(44)32-45(56)38-23-15-24-39(31-38)61-4/h5-12,15-26,31,33-34,42-44,46H,13-14,27-30,32H2,1-4H3,(H,51,57)(H,52,59)(H,53,60)(H,54,58)/t34-,42+,43+,44+,46+/m1/s1. The minimum atomic E-state index is -1.04. The molecule has 11 heteroatoms. The van der Waals surface area contributed by atoms with Gasteiger partial charge in [-0.1, -0.05) is 136 Å². The molecule has 0 bridgehead atoms. The summed E-state index contributed by atoms with van der Waals surface area (Å²) in [5.74, 6) is -1.70. The molecule has 0 unspecified atom stereocenters. The molecule has 1 saturated heterocycles. The molecule has 1 fully saturated rings. The van der Waals surface area contributed by atoms with Crippen molar-refractivity contribution in [2.45, 2.75) is 83.1 Å². The Morgan fingerprint density at radius 1 is 0.656 bits per heavy atom. The molecule has 1 heterocycles. The third-order valence-corrected chi connectivity index (χ3v) is 11.4. The van der Waals surface area contributed by atoms with Gasteiger partial charge < -0.3 is 26.0 Å². The minimum Gasteiger partial charge on any atom is -0.497 e. The summed E-state index contributed by atoms with van der Waals surface area (Å²) >= 11 is 0. The van der Waals surface area contributed by atoms with Gasteiger partial charge in [-0.15, -0.1) is 0 Å². The first kappa shape index (κ1) is 44.2. The zero-order chi connectivity index (χ0) is 43.3. The number of hydrogen-bond acceptors (Lipinski definition) is 7. The van der Waals surface area contributed by atoms with Crippen molar-refractivity contribution in [3.63, 3.8) is 0 Å². The Morgan fingerprint density at radius 3 is 1.93 bits per heavy atom. The molecule has 1 aliphatic heterocycles. The number of Topliss-reactive ketones (excluding diaryl/α,β-unsaturated/α-hetero) is 1. The van der Waals surface area contributed by atoms with Gasteiger partial charge in [-0.25, -0.2) is 0 Å². The van der Waals surface area contributed by atoms with Crippen LogP contribution in [0.2, 0.25) is 0 Å². The monoisotopic (exact) mass is 823 g/mol. The number of methoxy groups -OCH3 is 1. The third-order valence-electron chi connectivity index (χ3n) is 11.4. The van der Waals surface area contributed by atoms with E-state index in [0.29, 0.717) is 24.3 Å². The average molecular weight is 824 g/mol. The molecule has 4 N–H and O–H groups in total. The summed E-state index contributed by atoms with van der Waals surface area (Å²) in [6.45, 7) is 6.16. The topological polar surface area (TPSA) is 146 Å². The lowest BCUT2D eigenvalue weighted by Gasteiger charge is -2.35. The number of ketones is 1. The van der Waals surface area contributed by atoms with Crippen molar-refractivity contribution < 1.29 is 28.7 Å². The number of nitrogens with one attached hydrogen (secondary N) is 4. The fourth-order valence-corrected chi connectivity index (χ4v) is 8.01. The fourth-order valence-electron chi connectivity index (χ4n) is 8.01. The second kappa shape index (κ2) is 21.3. The van der Waals surface area contributed by atoms with Gasteiger partial charge in [0.25, 0.3) is 0 Å². The Labute approximate surface area is 358 Å². The van der Waals surface area contributed by atoms with E-state index in [9.17, 15) is 24.0 Å². The summed E-state index contributed by atoms with van der Waals surface area (Å²) in [6.07, 6.45) is 2.55. The fraction of sp³-hybridized carbons (Fsp3) is 0.340.